The molecule has 0 spiro atoms. The summed E-state index contributed by atoms with van der Waals surface area (Å²) in [5.74, 6) is 1.46. The van der Waals surface area contributed by atoms with Crippen LogP contribution in [0.1, 0.15) is 24.0 Å². The number of aryl methyl sites for hydroxylation is 1. The summed E-state index contributed by atoms with van der Waals surface area (Å²) in [6.07, 6.45) is 2.36. The maximum atomic E-state index is 9.65. The summed E-state index contributed by atoms with van der Waals surface area (Å²) in [6.45, 7) is 4.80. The molecule has 18 heavy (non-hydrogen) atoms. The molecule has 0 aliphatic heterocycles. The van der Waals surface area contributed by atoms with E-state index in [0.29, 0.717) is 12.5 Å². The fourth-order valence-corrected chi connectivity index (χ4v) is 2.37. The fourth-order valence-electron chi connectivity index (χ4n) is 2.37. The molecule has 0 radical (unpaired) electrons. The van der Waals surface area contributed by atoms with Gasteiger partial charge in [-0.15, -0.1) is 0 Å². The minimum Gasteiger partial charge on any atom is -0.491 e. The van der Waals surface area contributed by atoms with Crippen molar-refractivity contribution < 1.29 is 9.84 Å². The minimum atomic E-state index is -0.282. The Hall–Kier alpha value is -1.06. The number of rotatable bonds is 6. The Bertz CT molecular complexity index is 409. The number of hydrogen-bond donors (Lipinski definition) is 2. The van der Waals surface area contributed by atoms with Crippen LogP contribution in [0.2, 0.25) is 0 Å². The third-order valence-electron chi connectivity index (χ3n) is 4.18. The minimum absolute atomic E-state index is 0.124. The second-order valence-electron chi connectivity index (χ2n) is 5.33. The van der Waals surface area contributed by atoms with Gasteiger partial charge >= 0.3 is 0 Å². The molecule has 2 rings (SSSR count). The van der Waals surface area contributed by atoms with Gasteiger partial charge in [-0.2, -0.15) is 0 Å². The molecule has 0 amide bonds. The number of likely N-dealkylation sites (N-methyl/N-ethyl adjacent to an activating group) is 1. The van der Waals surface area contributed by atoms with E-state index in [4.69, 9.17) is 4.74 Å². The van der Waals surface area contributed by atoms with E-state index in [1.54, 1.807) is 0 Å². The molecule has 0 aromatic heterocycles. The van der Waals surface area contributed by atoms with Gasteiger partial charge in [-0.05, 0) is 56.8 Å². The predicted octanol–water partition coefficient (Wildman–Crippen LogP) is 2.04. The van der Waals surface area contributed by atoms with Crippen LogP contribution in [-0.4, -0.2) is 30.9 Å². The van der Waals surface area contributed by atoms with Crippen molar-refractivity contribution in [3.8, 4) is 5.75 Å². The summed E-state index contributed by atoms with van der Waals surface area (Å²) in [4.78, 5) is 0. The zero-order valence-corrected chi connectivity index (χ0v) is 11.5. The lowest BCUT2D eigenvalue weighted by atomic mass is 9.95. The van der Waals surface area contributed by atoms with Crippen molar-refractivity contribution in [3.05, 3.63) is 29.3 Å². The molecule has 2 N–H and O–H groups in total. The molecule has 100 valence electrons. The number of benzene rings is 1. The highest BCUT2D eigenvalue weighted by Gasteiger charge is 2.44. The standard InChI is InChI=1S/C15H23NO2/c1-11-5-4-6-14(12(11)2)18-10-15(9-17,16-3)13-7-8-13/h4-6,13,16-17H,7-10H2,1-3H3. The van der Waals surface area contributed by atoms with Gasteiger partial charge in [0.05, 0.1) is 12.1 Å². The van der Waals surface area contributed by atoms with E-state index in [2.05, 4.69) is 25.2 Å². The molecule has 3 nitrogen and oxygen atoms in total. The van der Waals surface area contributed by atoms with Crippen LogP contribution in [0.3, 0.4) is 0 Å². The second-order valence-corrected chi connectivity index (χ2v) is 5.33. The highest BCUT2D eigenvalue weighted by molar-refractivity contribution is 5.38. The molecule has 0 heterocycles. The van der Waals surface area contributed by atoms with Crippen molar-refractivity contribution in [1.82, 2.24) is 5.32 Å². The summed E-state index contributed by atoms with van der Waals surface area (Å²) in [5.41, 5.74) is 2.13. The number of aliphatic hydroxyl groups excluding tert-OH is 1. The Morgan fingerprint density at radius 3 is 2.67 bits per heavy atom. The summed E-state index contributed by atoms with van der Waals surface area (Å²) >= 11 is 0. The van der Waals surface area contributed by atoms with E-state index >= 15 is 0 Å². The Labute approximate surface area is 109 Å². The number of nitrogens with one attached hydrogen (secondary N) is 1. The van der Waals surface area contributed by atoms with Crippen LogP contribution in [0.15, 0.2) is 18.2 Å². The lowest BCUT2D eigenvalue weighted by Gasteiger charge is -2.32. The average Bonchev–Trinajstić information content (AvgIpc) is 3.21. The summed E-state index contributed by atoms with van der Waals surface area (Å²) < 4.78 is 5.94. The SMILES string of the molecule is CNC(CO)(COc1cccc(C)c1C)C1CC1. The first-order valence-corrected chi connectivity index (χ1v) is 6.62. The molecule has 1 aliphatic carbocycles. The Balaban J connectivity index is 2.07. The van der Waals surface area contributed by atoms with Crippen LogP contribution in [0.5, 0.6) is 5.75 Å². The Kier molecular flexibility index (Phi) is 3.93. The van der Waals surface area contributed by atoms with Crippen molar-refractivity contribution >= 4 is 0 Å². The van der Waals surface area contributed by atoms with Crippen molar-refractivity contribution in [2.75, 3.05) is 20.3 Å². The first-order chi connectivity index (χ1) is 8.63. The van der Waals surface area contributed by atoms with Gasteiger partial charge in [0.2, 0.25) is 0 Å². The zero-order chi connectivity index (χ0) is 13.2. The van der Waals surface area contributed by atoms with E-state index in [0.717, 1.165) is 5.75 Å². The number of ether oxygens (including phenoxy) is 1. The zero-order valence-electron chi connectivity index (χ0n) is 11.5. The van der Waals surface area contributed by atoms with Crippen LogP contribution in [0.25, 0.3) is 0 Å². The molecular weight excluding hydrogens is 226 g/mol. The molecular formula is C15H23NO2. The average molecular weight is 249 g/mol. The van der Waals surface area contributed by atoms with Crippen molar-refractivity contribution in [2.24, 2.45) is 5.92 Å². The molecule has 1 fully saturated rings. The molecule has 1 unspecified atom stereocenters. The topological polar surface area (TPSA) is 41.5 Å². The van der Waals surface area contributed by atoms with Gasteiger partial charge in [0.15, 0.2) is 0 Å². The van der Waals surface area contributed by atoms with E-state index in [-0.39, 0.29) is 12.1 Å². The quantitative estimate of drug-likeness (QED) is 0.810. The number of hydrogen-bond acceptors (Lipinski definition) is 3. The fraction of sp³-hybridized carbons (Fsp3) is 0.600. The maximum Gasteiger partial charge on any atom is 0.122 e. The third-order valence-corrected chi connectivity index (χ3v) is 4.18. The molecule has 1 atom stereocenters. The van der Waals surface area contributed by atoms with Crippen LogP contribution in [-0.2, 0) is 0 Å². The lowest BCUT2D eigenvalue weighted by molar-refractivity contribution is 0.0911. The molecule has 1 aromatic carbocycles. The van der Waals surface area contributed by atoms with Crippen molar-refractivity contribution in [3.63, 3.8) is 0 Å². The lowest BCUT2D eigenvalue weighted by Crippen LogP contribution is -2.53. The maximum absolute atomic E-state index is 9.65. The van der Waals surface area contributed by atoms with Gasteiger partial charge in [0, 0.05) is 0 Å². The molecule has 3 heteroatoms. The van der Waals surface area contributed by atoms with E-state index < -0.39 is 0 Å². The first-order valence-electron chi connectivity index (χ1n) is 6.62. The Morgan fingerprint density at radius 2 is 2.11 bits per heavy atom. The monoisotopic (exact) mass is 249 g/mol. The van der Waals surface area contributed by atoms with Gasteiger partial charge in [-0.25, -0.2) is 0 Å². The Morgan fingerprint density at radius 1 is 1.39 bits per heavy atom. The van der Waals surface area contributed by atoms with E-state index in [1.165, 1.54) is 24.0 Å². The molecule has 0 saturated heterocycles. The van der Waals surface area contributed by atoms with Gasteiger partial charge in [0.1, 0.15) is 12.4 Å². The van der Waals surface area contributed by atoms with Gasteiger partial charge in [-0.3, -0.25) is 0 Å². The van der Waals surface area contributed by atoms with Gasteiger partial charge in [-0.1, -0.05) is 12.1 Å². The van der Waals surface area contributed by atoms with Crippen LogP contribution in [0.4, 0.5) is 0 Å². The highest BCUT2D eigenvalue weighted by atomic mass is 16.5. The molecule has 1 saturated carbocycles. The van der Waals surface area contributed by atoms with Gasteiger partial charge < -0.3 is 15.2 Å². The van der Waals surface area contributed by atoms with E-state index in [1.807, 2.05) is 19.2 Å². The number of aliphatic hydroxyl groups is 1. The predicted molar refractivity (Wildman–Crippen MR) is 73.0 cm³/mol. The first kappa shape index (κ1) is 13.4. The molecule has 1 aromatic rings. The third kappa shape index (κ3) is 2.52. The smallest absolute Gasteiger partial charge is 0.122 e. The summed E-state index contributed by atoms with van der Waals surface area (Å²) in [7, 11) is 1.90. The largest absolute Gasteiger partial charge is 0.491 e. The van der Waals surface area contributed by atoms with Gasteiger partial charge in [0.25, 0.3) is 0 Å². The highest BCUT2D eigenvalue weighted by Crippen LogP contribution is 2.39. The van der Waals surface area contributed by atoms with Crippen molar-refractivity contribution in [2.45, 2.75) is 32.2 Å². The molecule has 1 aliphatic rings. The van der Waals surface area contributed by atoms with Crippen molar-refractivity contribution in [1.29, 1.82) is 0 Å². The summed E-state index contributed by atoms with van der Waals surface area (Å²) in [6, 6.07) is 6.09. The van der Waals surface area contributed by atoms with Crippen LogP contribution < -0.4 is 10.1 Å². The van der Waals surface area contributed by atoms with E-state index in [9.17, 15) is 5.11 Å². The van der Waals surface area contributed by atoms with Crippen LogP contribution >= 0.6 is 0 Å². The normalized spacial score (nSPS) is 18.4. The summed E-state index contributed by atoms with van der Waals surface area (Å²) in [5, 5.41) is 12.9. The molecule has 0 bridgehead atoms. The van der Waals surface area contributed by atoms with Crippen LogP contribution in [0, 0.1) is 19.8 Å². The second kappa shape index (κ2) is 5.29.